The number of benzene rings is 1. The summed E-state index contributed by atoms with van der Waals surface area (Å²) in [5.41, 5.74) is 2.92. The summed E-state index contributed by atoms with van der Waals surface area (Å²) in [5.74, 6) is 0.912. The molecule has 1 amide bonds. The molecule has 2 heterocycles. The van der Waals surface area contributed by atoms with Crippen molar-refractivity contribution in [3.8, 4) is 11.5 Å². The van der Waals surface area contributed by atoms with E-state index in [9.17, 15) is 4.79 Å². The molecule has 0 radical (unpaired) electrons. The summed E-state index contributed by atoms with van der Waals surface area (Å²) in [4.78, 5) is 12.0. The Balaban J connectivity index is 1.54. The maximum Gasteiger partial charge on any atom is 0.248 e. The van der Waals surface area contributed by atoms with Crippen LogP contribution < -0.4 is 5.32 Å². The summed E-state index contributed by atoms with van der Waals surface area (Å²) in [7, 11) is 0. The average molecular weight is 327 g/mol. The van der Waals surface area contributed by atoms with Gasteiger partial charge in [-0.3, -0.25) is 4.79 Å². The van der Waals surface area contributed by atoms with Crippen LogP contribution in [0.3, 0.4) is 0 Å². The molecule has 0 bridgehead atoms. The number of carbonyl (C=O) groups excluding carboxylic acids is 1. The number of rotatable bonds is 6. The second kappa shape index (κ2) is 7.19. The van der Waals surface area contributed by atoms with Crippen molar-refractivity contribution in [2.45, 2.75) is 26.2 Å². The zero-order valence-corrected chi connectivity index (χ0v) is 13.6. The number of carbonyl (C=O) groups is 1. The van der Waals surface area contributed by atoms with Crippen LogP contribution in [0.5, 0.6) is 0 Å². The molecule has 1 aromatic carbocycles. The molecule has 2 aromatic heterocycles. The number of aromatic nitrogens is 2. The molecule has 0 unspecified atom stereocenters. The van der Waals surface area contributed by atoms with Gasteiger partial charge in [0.2, 0.25) is 17.7 Å². The van der Waals surface area contributed by atoms with Crippen molar-refractivity contribution >= 4 is 22.9 Å². The van der Waals surface area contributed by atoms with Gasteiger partial charge in [-0.05, 0) is 35.6 Å². The van der Waals surface area contributed by atoms with E-state index in [0.717, 1.165) is 17.7 Å². The summed E-state index contributed by atoms with van der Waals surface area (Å²) in [6.45, 7) is 2.08. The highest BCUT2D eigenvalue weighted by Crippen LogP contribution is 2.21. The van der Waals surface area contributed by atoms with Gasteiger partial charge in [0.1, 0.15) is 0 Å². The van der Waals surface area contributed by atoms with Crippen LogP contribution in [0.15, 0.2) is 45.5 Å². The van der Waals surface area contributed by atoms with Gasteiger partial charge in [-0.1, -0.05) is 19.1 Å². The van der Waals surface area contributed by atoms with Gasteiger partial charge in [0.05, 0.1) is 0 Å². The molecule has 0 fully saturated rings. The van der Waals surface area contributed by atoms with Gasteiger partial charge in [-0.15, -0.1) is 10.2 Å². The van der Waals surface area contributed by atoms with E-state index in [4.69, 9.17) is 4.42 Å². The molecule has 0 spiro atoms. The monoisotopic (exact) mass is 327 g/mol. The lowest BCUT2D eigenvalue weighted by atomic mass is 10.1. The zero-order chi connectivity index (χ0) is 16.1. The molecule has 0 aliphatic carbocycles. The van der Waals surface area contributed by atoms with Crippen molar-refractivity contribution in [3.63, 3.8) is 0 Å². The Kier molecular flexibility index (Phi) is 4.83. The molecule has 6 heteroatoms. The van der Waals surface area contributed by atoms with Gasteiger partial charge in [-0.2, -0.15) is 11.3 Å². The van der Waals surface area contributed by atoms with E-state index >= 15 is 0 Å². The minimum absolute atomic E-state index is 0.0615. The number of hydrogen-bond acceptors (Lipinski definition) is 5. The van der Waals surface area contributed by atoms with Crippen LogP contribution in [0.4, 0.5) is 5.69 Å². The van der Waals surface area contributed by atoms with Crippen molar-refractivity contribution in [1.82, 2.24) is 10.2 Å². The van der Waals surface area contributed by atoms with Gasteiger partial charge in [0.15, 0.2) is 0 Å². The molecule has 1 N–H and O–H groups in total. The number of amides is 1. The second-order valence-corrected chi connectivity index (χ2v) is 5.90. The quantitative estimate of drug-likeness (QED) is 0.745. The topological polar surface area (TPSA) is 68.0 Å². The number of aryl methyl sites for hydroxylation is 2. The lowest BCUT2D eigenvalue weighted by Gasteiger charge is -2.05. The van der Waals surface area contributed by atoms with Gasteiger partial charge in [0, 0.05) is 29.5 Å². The zero-order valence-electron chi connectivity index (χ0n) is 12.8. The smallest absolute Gasteiger partial charge is 0.248 e. The van der Waals surface area contributed by atoms with E-state index in [2.05, 4.69) is 22.4 Å². The van der Waals surface area contributed by atoms with Crippen LogP contribution in [0.25, 0.3) is 11.5 Å². The van der Waals surface area contributed by atoms with E-state index < -0.39 is 0 Å². The number of thiophene rings is 1. The van der Waals surface area contributed by atoms with Gasteiger partial charge < -0.3 is 9.73 Å². The summed E-state index contributed by atoms with van der Waals surface area (Å²) < 4.78 is 5.57. The summed E-state index contributed by atoms with van der Waals surface area (Å²) in [6.07, 6.45) is 1.68. The third-order valence-electron chi connectivity index (χ3n) is 3.42. The summed E-state index contributed by atoms with van der Waals surface area (Å²) in [5, 5.41) is 14.8. The van der Waals surface area contributed by atoms with Crippen LogP contribution in [0.1, 0.15) is 24.8 Å². The van der Waals surface area contributed by atoms with E-state index in [1.165, 1.54) is 5.56 Å². The first kappa shape index (κ1) is 15.4. The average Bonchev–Trinajstić information content (AvgIpc) is 3.24. The Hall–Kier alpha value is -2.47. The molecule has 0 saturated heterocycles. The lowest BCUT2D eigenvalue weighted by molar-refractivity contribution is -0.116. The van der Waals surface area contributed by atoms with E-state index in [-0.39, 0.29) is 5.91 Å². The largest absolute Gasteiger partial charge is 0.421 e. The molecule has 0 aliphatic heterocycles. The van der Waals surface area contributed by atoms with Crippen LogP contribution in [-0.4, -0.2) is 16.1 Å². The third-order valence-corrected chi connectivity index (χ3v) is 4.10. The molecule has 3 aromatic rings. The SMILES string of the molecule is CCc1cccc(NC(=O)CCc2nnc(-c3ccsc3)o2)c1. The van der Waals surface area contributed by atoms with E-state index in [0.29, 0.717) is 24.6 Å². The van der Waals surface area contributed by atoms with Crippen molar-refractivity contribution in [1.29, 1.82) is 0 Å². The van der Waals surface area contributed by atoms with Crippen molar-refractivity contribution < 1.29 is 9.21 Å². The van der Waals surface area contributed by atoms with Gasteiger partial charge in [-0.25, -0.2) is 0 Å². The molecular formula is C17H17N3O2S. The van der Waals surface area contributed by atoms with Gasteiger partial charge >= 0.3 is 0 Å². The first-order chi connectivity index (χ1) is 11.2. The minimum Gasteiger partial charge on any atom is -0.421 e. The molecule has 5 nitrogen and oxygen atoms in total. The van der Waals surface area contributed by atoms with Crippen molar-refractivity contribution in [3.05, 3.63) is 52.5 Å². The van der Waals surface area contributed by atoms with E-state index in [1.807, 2.05) is 41.1 Å². The normalized spacial score (nSPS) is 10.7. The molecule has 118 valence electrons. The predicted molar refractivity (Wildman–Crippen MR) is 90.4 cm³/mol. The predicted octanol–water partition coefficient (Wildman–Crippen LogP) is 3.93. The number of nitrogens with one attached hydrogen (secondary N) is 1. The fraction of sp³-hybridized carbons (Fsp3) is 0.235. The Morgan fingerprint density at radius 2 is 2.22 bits per heavy atom. The molecular weight excluding hydrogens is 310 g/mol. The van der Waals surface area contributed by atoms with Crippen LogP contribution in [0, 0.1) is 0 Å². The fourth-order valence-electron chi connectivity index (χ4n) is 2.17. The van der Waals surface area contributed by atoms with Crippen LogP contribution in [-0.2, 0) is 17.6 Å². The highest BCUT2D eigenvalue weighted by molar-refractivity contribution is 7.08. The Morgan fingerprint density at radius 1 is 1.30 bits per heavy atom. The first-order valence-corrected chi connectivity index (χ1v) is 8.42. The van der Waals surface area contributed by atoms with E-state index in [1.54, 1.807) is 11.3 Å². The number of anilines is 1. The van der Waals surface area contributed by atoms with Crippen LogP contribution in [0.2, 0.25) is 0 Å². The second-order valence-electron chi connectivity index (χ2n) is 5.12. The van der Waals surface area contributed by atoms with Crippen LogP contribution >= 0.6 is 11.3 Å². The third kappa shape index (κ3) is 4.04. The lowest BCUT2D eigenvalue weighted by Crippen LogP contribution is -2.12. The molecule has 0 saturated carbocycles. The maximum atomic E-state index is 12.0. The minimum atomic E-state index is -0.0615. The summed E-state index contributed by atoms with van der Waals surface area (Å²) in [6, 6.07) is 9.78. The molecule has 0 atom stereocenters. The Bertz CT molecular complexity index is 781. The maximum absolute atomic E-state index is 12.0. The molecule has 3 rings (SSSR count). The Labute approximate surface area is 138 Å². The summed E-state index contributed by atoms with van der Waals surface area (Å²) >= 11 is 1.57. The highest BCUT2D eigenvalue weighted by Gasteiger charge is 2.11. The molecule has 23 heavy (non-hydrogen) atoms. The molecule has 0 aliphatic rings. The fourth-order valence-corrected chi connectivity index (χ4v) is 2.80. The first-order valence-electron chi connectivity index (χ1n) is 7.48. The Morgan fingerprint density at radius 3 is 3.00 bits per heavy atom. The van der Waals surface area contributed by atoms with Crippen molar-refractivity contribution in [2.24, 2.45) is 0 Å². The number of nitrogens with zero attached hydrogens (tertiary/aromatic N) is 2. The highest BCUT2D eigenvalue weighted by atomic mass is 32.1. The standard InChI is InChI=1S/C17H17N3O2S/c1-2-12-4-3-5-14(10-12)18-15(21)6-7-16-19-20-17(22-16)13-8-9-23-11-13/h3-5,8-11H,2,6-7H2,1H3,(H,18,21). The van der Waals surface area contributed by atoms with Gasteiger partial charge in [0.25, 0.3) is 0 Å². The van der Waals surface area contributed by atoms with Crippen molar-refractivity contribution in [2.75, 3.05) is 5.32 Å². The number of hydrogen-bond donors (Lipinski definition) is 1.